The number of halogens is 1. The largest absolute Gasteiger partial charge is 0.348 e. The molecule has 1 amide bonds. The van der Waals surface area contributed by atoms with E-state index < -0.39 is 0 Å². The molecule has 3 nitrogen and oxygen atoms in total. The van der Waals surface area contributed by atoms with E-state index in [1.807, 2.05) is 6.07 Å². The van der Waals surface area contributed by atoms with E-state index in [4.69, 9.17) is 0 Å². The Kier molecular flexibility index (Phi) is 3.27. The van der Waals surface area contributed by atoms with Gasteiger partial charge in [0.15, 0.2) is 0 Å². The highest BCUT2D eigenvalue weighted by molar-refractivity contribution is 5.98. The van der Waals surface area contributed by atoms with E-state index in [0.717, 1.165) is 25.2 Å². The smallest absolute Gasteiger partial charge is 0.252 e. The highest BCUT2D eigenvalue weighted by Gasteiger charge is 2.24. The van der Waals surface area contributed by atoms with Crippen LogP contribution in [0.3, 0.4) is 0 Å². The van der Waals surface area contributed by atoms with E-state index in [2.05, 4.69) is 17.1 Å². The number of nitrogens with zero attached hydrogens (tertiary/aromatic N) is 1. The second kappa shape index (κ2) is 4.93. The molecule has 0 bridgehead atoms. The molecule has 2 aliphatic rings. The van der Waals surface area contributed by atoms with Crippen LogP contribution in [0.25, 0.3) is 0 Å². The molecule has 1 N–H and O–H groups in total. The Morgan fingerprint density at radius 1 is 1.47 bits per heavy atom. The first-order valence-corrected chi connectivity index (χ1v) is 6.95. The number of benzene rings is 1. The van der Waals surface area contributed by atoms with E-state index in [-0.39, 0.29) is 11.7 Å². The van der Waals surface area contributed by atoms with Gasteiger partial charge in [0.25, 0.3) is 5.91 Å². The van der Waals surface area contributed by atoms with Gasteiger partial charge in [0, 0.05) is 30.8 Å². The van der Waals surface area contributed by atoms with Crippen LogP contribution < -0.4 is 5.32 Å². The molecule has 0 radical (unpaired) electrons. The molecular formula is C15H19FN2O. The average Bonchev–Trinajstić information content (AvgIpc) is 2.72. The fraction of sp³-hybridized carbons (Fsp3) is 0.533. The molecule has 1 atom stereocenters. The molecule has 4 heteroatoms. The van der Waals surface area contributed by atoms with Crippen molar-refractivity contribution in [3.63, 3.8) is 0 Å². The van der Waals surface area contributed by atoms with Gasteiger partial charge in [-0.3, -0.25) is 9.69 Å². The van der Waals surface area contributed by atoms with Gasteiger partial charge in [0.1, 0.15) is 5.82 Å². The number of fused-ring (bicyclic) bond motifs is 1. The van der Waals surface area contributed by atoms with Gasteiger partial charge in [-0.25, -0.2) is 4.39 Å². The molecule has 1 fully saturated rings. The summed E-state index contributed by atoms with van der Waals surface area (Å²) in [5.74, 6) is 0.301. The minimum atomic E-state index is -0.254. The third kappa shape index (κ3) is 2.50. The normalized spacial score (nSPS) is 23.3. The van der Waals surface area contributed by atoms with Gasteiger partial charge in [-0.1, -0.05) is 6.92 Å². The van der Waals surface area contributed by atoms with Crippen LogP contribution in [0.1, 0.15) is 41.3 Å². The molecule has 0 saturated carbocycles. The topological polar surface area (TPSA) is 32.3 Å². The molecule has 1 aromatic carbocycles. The summed E-state index contributed by atoms with van der Waals surface area (Å²) in [5.41, 5.74) is 1.93. The number of hydrogen-bond donors (Lipinski definition) is 1. The Morgan fingerprint density at radius 2 is 2.32 bits per heavy atom. The lowest BCUT2D eigenvalue weighted by Gasteiger charge is -2.30. The molecule has 2 aliphatic heterocycles. The van der Waals surface area contributed by atoms with Crippen LogP contribution >= 0.6 is 0 Å². The van der Waals surface area contributed by atoms with E-state index in [1.165, 1.54) is 12.8 Å². The molecule has 1 saturated heterocycles. The SMILES string of the molecule is C[C@H]1CCCN(Cc2cc(F)c3c(c2)C(=O)NC3)C1. The van der Waals surface area contributed by atoms with Crippen molar-refractivity contribution < 1.29 is 9.18 Å². The molecule has 3 rings (SSSR count). The van der Waals surface area contributed by atoms with Crippen LogP contribution in [0.5, 0.6) is 0 Å². The second-order valence-corrected chi connectivity index (χ2v) is 5.77. The highest BCUT2D eigenvalue weighted by atomic mass is 19.1. The summed E-state index contributed by atoms with van der Waals surface area (Å²) in [6, 6.07) is 3.43. The number of piperidine rings is 1. The molecule has 2 heterocycles. The summed E-state index contributed by atoms with van der Waals surface area (Å²) in [6.45, 7) is 5.44. The number of likely N-dealkylation sites (tertiary alicyclic amines) is 1. The average molecular weight is 262 g/mol. The first-order valence-electron chi connectivity index (χ1n) is 6.95. The molecule has 0 unspecified atom stereocenters. The maximum atomic E-state index is 13.9. The van der Waals surface area contributed by atoms with Gasteiger partial charge in [-0.15, -0.1) is 0 Å². The lowest BCUT2D eigenvalue weighted by Crippen LogP contribution is -2.33. The molecule has 0 aliphatic carbocycles. The summed E-state index contributed by atoms with van der Waals surface area (Å²) in [5, 5.41) is 2.67. The molecule has 102 valence electrons. The molecule has 0 spiro atoms. The Balaban J connectivity index is 1.80. The first kappa shape index (κ1) is 12.6. The fourth-order valence-corrected chi connectivity index (χ4v) is 3.12. The Hall–Kier alpha value is -1.42. The van der Waals surface area contributed by atoms with E-state index in [0.29, 0.717) is 23.6 Å². The zero-order valence-electron chi connectivity index (χ0n) is 11.2. The van der Waals surface area contributed by atoms with Gasteiger partial charge >= 0.3 is 0 Å². The standard InChI is InChI=1S/C15H19FN2O/c1-10-3-2-4-18(8-10)9-11-5-12-13(14(16)6-11)7-17-15(12)19/h5-6,10H,2-4,7-9H2,1H3,(H,17,19)/t10-/m0/s1. The number of nitrogens with one attached hydrogen (secondary N) is 1. The predicted octanol–water partition coefficient (Wildman–Crippen LogP) is 2.30. The van der Waals surface area contributed by atoms with Crippen molar-refractivity contribution in [2.24, 2.45) is 5.92 Å². The molecule has 0 aromatic heterocycles. The van der Waals surface area contributed by atoms with Gasteiger partial charge in [-0.05, 0) is 43.0 Å². The summed E-state index contributed by atoms with van der Waals surface area (Å²) < 4.78 is 13.9. The van der Waals surface area contributed by atoms with Crippen LogP contribution in [0.2, 0.25) is 0 Å². The van der Waals surface area contributed by atoms with Crippen molar-refractivity contribution in [1.29, 1.82) is 0 Å². The zero-order valence-corrected chi connectivity index (χ0v) is 11.2. The lowest BCUT2D eigenvalue weighted by molar-refractivity contribution is 0.0965. The first-order chi connectivity index (χ1) is 9.13. The van der Waals surface area contributed by atoms with Gasteiger partial charge in [0.2, 0.25) is 0 Å². The Bertz CT molecular complexity index is 515. The van der Waals surface area contributed by atoms with Crippen molar-refractivity contribution in [1.82, 2.24) is 10.2 Å². The van der Waals surface area contributed by atoms with Crippen LogP contribution in [0, 0.1) is 11.7 Å². The third-order valence-corrected chi connectivity index (χ3v) is 4.07. The molecule has 1 aromatic rings. The number of hydrogen-bond acceptors (Lipinski definition) is 2. The number of rotatable bonds is 2. The van der Waals surface area contributed by atoms with E-state index >= 15 is 0 Å². The van der Waals surface area contributed by atoms with Crippen LogP contribution in [0.4, 0.5) is 4.39 Å². The van der Waals surface area contributed by atoms with Crippen LogP contribution in [-0.4, -0.2) is 23.9 Å². The maximum Gasteiger partial charge on any atom is 0.252 e. The summed E-state index contributed by atoms with van der Waals surface area (Å²) >= 11 is 0. The molecule has 19 heavy (non-hydrogen) atoms. The minimum absolute atomic E-state index is 0.150. The van der Waals surface area contributed by atoms with Gasteiger partial charge in [-0.2, -0.15) is 0 Å². The van der Waals surface area contributed by atoms with Crippen molar-refractivity contribution >= 4 is 5.91 Å². The number of amides is 1. The number of carbonyl (C=O) groups is 1. The van der Waals surface area contributed by atoms with Gasteiger partial charge in [0.05, 0.1) is 0 Å². The van der Waals surface area contributed by atoms with E-state index in [1.54, 1.807) is 6.07 Å². The van der Waals surface area contributed by atoms with E-state index in [9.17, 15) is 9.18 Å². The predicted molar refractivity (Wildman–Crippen MR) is 71.2 cm³/mol. The van der Waals surface area contributed by atoms with Crippen molar-refractivity contribution in [3.05, 3.63) is 34.6 Å². The van der Waals surface area contributed by atoms with Crippen molar-refractivity contribution in [3.8, 4) is 0 Å². The summed E-state index contributed by atoms with van der Waals surface area (Å²) in [6.07, 6.45) is 2.48. The fourth-order valence-electron chi connectivity index (χ4n) is 3.12. The summed E-state index contributed by atoms with van der Waals surface area (Å²) in [7, 11) is 0. The van der Waals surface area contributed by atoms with Crippen LogP contribution in [0.15, 0.2) is 12.1 Å². The van der Waals surface area contributed by atoms with Crippen LogP contribution in [-0.2, 0) is 13.1 Å². The maximum absolute atomic E-state index is 13.9. The highest BCUT2D eigenvalue weighted by Crippen LogP contribution is 2.23. The molecular weight excluding hydrogens is 243 g/mol. The zero-order chi connectivity index (χ0) is 13.4. The Labute approximate surface area is 112 Å². The monoisotopic (exact) mass is 262 g/mol. The van der Waals surface area contributed by atoms with Crippen molar-refractivity contribution in [2.45, 2.75) is 32.9 Å². The Morgan fingerprint density at radius 3 is 3.11 bits per heavy atom. The quantitative estimate of drug-likeness (QED) is 0.887. The van der Waals surface area contributed by atoms with Crippen molar-refractivity contribution in [2.75, 3.05) is 13.1 Å². The minimum Gasteiger partial charge on any atom is -0.348 e. The van der Waals surface area contributed by atoms with Gasteiger partial charge < -0.3 is 5.32 Å². The third-order valence-electron chi connectivity index (χ3n) is 4.07. The number of carbonyl (C=O) groups excluding carboxylic acids is 1. The second-order valence-electron chi connectivity index (χ2n) is 5.77. The lowest BCUT2D eigenvalue weighted by atomic mass is 9.99. The summed E-state index contributed by atoms with van der Waals surface area (Å²) in [4.78, 5) is 14.0.